The summed E-state index contributed by atoms with van der Waals surface area (Å²) in [5.41, 5.74) is 2.94. The quantitative estimate of drug-likeness (QED) is 0.756. The first-order valence-electron chi connectivity index (χ1n) is 7.38. The van der Waals surface area contributed by atoms with Crippen LogP contribution in [0.2, 0.25) is 5.15 Å². The van der Waals surface area contributed by atoms with Gasteiger partial charge in [-0.05, 0) is 36.7 Å². The van der Waals surface area contributed by atoms with Crippen molar-refractivity contribution in [2.75, 3.05) is 18.3 Å². The highest BCUT2D eigenvalue weighted by atomic mass is 35.5. The number of nitrogens with zero attached hydrogens (tertiary/aromatic N) is 3. The van der Waals surface area contributed by atoms with Gasteiger partial charge in [0, 0.05) is 30.4 Å². The summed E-state index contributed by atoms with van der Waals surface area (Å²) >= 11 is 7.38. The molecule has 4 rings (SSSR count). The second-order valence-electron chi connectivity index (χ2n) is 5.84. The topological polar surface area (TPSA) is 66.7 Å². The smallest absolute Gasteiger partial charge is 0.281 e. The van der Waals surface area contributed by atoms with Crippen LogP contribution in [-0.4, -0.2) is 36.3 Å². The minimum Gasteiger partial charge on any atom is -0.302 e. The number of sulfonamides is 1. The van der Waals surface area contributed by atoms with E-state index in [0.29, 0.717) is 10.6 Å². The van der Waals surface area contributed by atoms with Crippen molar-refractivity contribution >= 4 is 43.6 Å². The summed E-state index contributed by atoms with van der Waals surface area (Å²) in [4.78, 5) is 6.84. The molecule has 0 radical (unpaired) electrons. The molecule has 0 saturated carbocycles. The third-order valence-corrected chi connectivity index (χ3v) is 6.63. The van der Waals surface area contributed by atoms with E-state index in [2.05, 4.69) is 21.7 Å². The van der Waals surface area contributed by atoms with Crippen molar-refractivity contribution in [3.8, 4) is 0 Å². The van der Waals surface area contributed by atoms with Crippen molar-refractivity contribution < 1.29 is 8.42 Å². The number of hydrogen-bond donors (Lipinski definition) is 1. The highest BCUT2D eigenvalue weighted by Crippen LogP contribution is 2.28. The number of thiazole rings is 1. The summed E-state index contributed by atoms with van der Waals surface area (Å²) in [5, 5.41) is 1.72. The Labute approximate surface area is 148 Å². The second-order valence-corrected chi connectivity index (χ2v) is 8.67. The predicted octanol–water partition coefficient (Wildman–Crippen LogP) is 2.84. The lowest BCUT2D eigenvalue weighted by atomic mass is 10.00. The first-order valence-corrected chi connectivity index (χ1v) is 10.1. The van der Waals surface area contributed by atoms with E-state index in [9.17, 15) is 8.42 Å². The van der Waals surface area contributed by atoms with E-state index in [0.717, 1.165) is 25.1 Å². The number of imidazole rings is 1. The number of benzene rings is 1. The van der Waals surface area contributed by atoms with E-state index in [4.69, 9.17) is 11.6 Å². The molecule has 9 heteroatoms. The van der Waals surface area contributed by atoms with Crippen molar-refractivity contribution in [2.45, 2.75) is 18.0 Å². The number of anilines is 1. The van der Waals surface area contributed by atoms with E-state index in [1.165, 1.54) is 21.3 Å². The van der Waals surface area contributed by atoms with E-state index >= 15 is 0 Å². The van der Waals surface area contributed by atoms with Gasteiger partial charge in [-0.3, -0.25) is 9.12 Å². The van der Waals surface area contributed by atoms with Gasteiger partial charge in [-0.25, -0.2) is 4.98 Å². The summed E-state index contributed by atoms with van der Waals surface area (Å²) in [6, 6.07) is 5.67. The number of halogens is 1. The van der Waals surface area contributed by atoms with Gasteiger partial charge >= 0.3 is 0 Å². The normalized spacial score (nSPS) is 15.6. The second kappa shape index (κ2) is 5.73. The Morgan fingerprint density at radius 3 is 3.00 bits per heavy atom. The molecule has 0 atom stereocenters. The van der Waals surface area contributed by atoms with E-state index in [1.807, 2.05) is 12.1 Å². The molecule has 0 saturated heterocycles. The maximum absolute atomic E-state index is 12.8. The molecule has 1 aliphatic rings. The van der Waals surface area contributed by atoms with Crippen LogP contribution >= 0.6 is 22.9 Å². The summed E-state index contributed by atoms with van der Waals surface area (Å²) in [5.74, 6) is 0. The zero-order valence-electron chi connectivity index (χ0n) is 12.9. The van der Waals surface area contributed by atoms with Crippen LogP contribution in [0.25, 0.3) is 4.96 Å². The van der Waals surface area contributed by atoms with E-state index in [1.54, 1.807) is 17.6 Å². The van der Waals surface area contributed by atoms with Gasteiger partial charge in [0.25, 0.3) is 10.0 Å². The molecule has 0 aliphatic carbocycles. The number of aromatic nitrogens is 2. The van der Waals surface area contributed by atoms with Crippen molar-refractivity contribution in [1.29, 1.82) is 0 Å². The van der Waals surface area contributed by atoms with Crippen LogP contribution in [0.4, 0.5) is 5.69 Å². The zero-order valence-corrected chi connectivity index (χ0v) is 15.2. The van der Waals surface area contributed by atoms with Crippen LogP contribution in [0.15, 0.2) is 34.8 Å². The summed E-state index contributed by atoms with van der Waals surface area (Å²) in [7, 11) is -1.77. The lowest BCUT2D eigenvalue weighted by molar-refractivity contribution is 0.313. The molecule has 24 heavy (non-hydrogen) atoms. The fraction of sp³-hybridized carbons (Fsp3) is 0.267. The van der Waals surface area contributed by atoms with Gasteiger partial charge in [0.05, 0.1) is 0 Å². The van der Waals surface area contributed by atoms with Crippen molar-refractivity contribution in [2.24, 2.45) is 0 Å². The fourth-order valence-corrected chi connectivity index (χ4v) is 5.45. The monoisotopic (exact) mass is 382 g/mol. The lowest BCUT2D eigenvalue weighted by Gasteiger charge is -2.25. The van der Waals surface area contributed by atoms with E-state index < -0.39 is 10.0 Å². The molecule has 126 valence electrons. The van der Waals surface area contributed by atoms with E-state index in [-0.39, 0.29) is 10.2 Å². The van der Waals surface area contributed by atoms with Crippen LogP contribution in [0.5, 0.6) is 0 Å². The van der Waals surface area contributed by atoms with Gasteiger partial charge in [-0.2, -0.15) is 8.42 Å². The minimum absolute atomic E-state index is 0.0213. The lowest BCUT2D eigenvalue weighted by Crippen LogP contribution is -2.26. The Hall–Kier alpha value is -1.61. The molecule has 0 bridgehead atoms. The standard InChI is InChI=1S/C15H15ClN4O2S2/c1-19-5-4-10-2-3-12(8-11(10)9-19)18-24(21,22)14-13(16)17-15-20(14)6-7-23-15/h2-3,6-8,18H,4-5,9H2,1H3. The Balaban J connectivity index is 1.71. The zero-order chi connectivity index (χ0) is 16.9. The first kappa shape index (κ1) is 15.9. The highest BCUT2D eigenvalue weighted by molar-refractivity contribution is 7.92. The molecule has 1 aromatic carbocycles. The Morgan fingerprint density at radius 1 is 1.33 bits per heavy atom. The molecule has 2 aromatic heterocycles. The number of rotatable bonds is 3. The molecule has 0 fully saturated rings. The van der Waals surface area contributed by atoms with Crippen molar-refractivity contribution in [1.82, 2.24) is 14.3 Å². The average molecular weight is 383 g/mol. The van der Waals surface area contributed by atoms with Crippen LogP contribution in [0, 0.1) is 0 Å². The summed E-state index contributed by atoms with van der Waals surface area (Å²) in [6.45, 7) is 1.83. The van der Waals surface area contributed by atoms with Gasteiger partial charge in [0.15, 0.2) is 15.1 Å². The molecular formula is C15H15ClN4O2S2. The third kappa shape index (κ3) is 2.69. The average Bonchev–Trinajstić information content (AvgIpc) is 3.05. The number of likely N-dealkylation sites (N-methyl/N-ethyl adjacent to an activating group) is 1. The predicted molar refractivity (Wildman–Crippen MR) is 95.4 cm³/mol. The molecule has 1 N–H and O–H groups in total. The Bertz CT molecular complexity index is 1030. The molecule has 3 aromatic rings. The number of fused-ring (bicyclic) bond motifs is 2. The molecule has 3 heterocycles. The van der Waals surface area contributed by atoms with Crippen LogP contribution in [-0.2, 0) is 23.0 Å². The van der Waals surface area contributed by atoms with Crippen molar-refractivity contribution in [3.05, 3.63) is 46.1 Å². The maximum Gasteiger partial charge on any atom is 0.281 e. The molecular weight excluding hydrogens is 368 g/mol. The summed E-state index contributed by atoms with van der Waals surface area (Å²) in [6.07, 6.45) is 2.62. The van der Waals surface area contributed by atoms with Gasteiger partial charge in [-0.15, -0.1) is 11.3 Å². The Kier molecular flexibility index (Phi) is 3.80. The SMILES string of the molecule is CN1CCc2ccc(NS(=O)(=O)c3c(Cl)nc4sccn34)cc2C1. The Morgan fingerprint density at radius 2 is 2.17 bits per heavy atom. The highest BCUT2D eigenvalue weighted by Gasteiger charge is 2.25. The molecule has 0 spiro atoms. The number of hydrogen-bond acceptors (Lipinski definition) is 5. The van der Waals surface area contributed by atoms with Crippen molar-refractivity contribution in [3.63, 3.8) is 0 Å². The van der Waals surface area contributed by atoms with Crippen LogP contribution in [0.3, 0.4) is 0 Å². The van der Waals surface area contributed by atoms with Gasteiger partial charge in [0.1, 0.15) is 0 Å². The van der Waals surface area contributed by atoms with Crippen LogP contribution < -0.4 is 4.72 Å². The third-order valence-electron chi connectivity index (χ3n) is 4.09. The molecule has 6 nitrogen and oxygen atoms in total. The van der Waals surface area contributed by atoms with Gasteiger partial charge in [0.2, 0.25) is 0 Å². The molecule has 0 amide bonds. The largest absolute Gasteiger partial charge is 0.302 e. The fourth-order valence-electron chi connectivity index (χ4n) is 2.94. The first-order chi connectivity index (χ1) is 11.4. The maximum atomic E-state index is 12.8. The minimum atomic E-state index is -3.83. The van der Waals surface area contributed by atoms with Gasteiger partial charge < -0.3 is 4.90 Å². The number of nitrogens with one attached hydrogen (secondary N) is 1. The van der Waals surface area contributed by atoms with Gasteiger partial charge in [-0.1, -0.05) is 17.7 Å². The molecule has 1 aliphatic heterocycles. The van der Waals surface area contributed by atoms with Crippen LogP contribution in [0.1, 0.15) is 11.1 Å². The molecule has 0 unspecified atom stereocenters. The summed E-state index contributed by atoms with van der Waals surface area (Å²) < 4.78 is 29.6.